The van der Waals surface area contributed by atoms with Gasteiger partial charge in [0, 0.05) is 37.3 Å². The van der Waals surface area contributed by atoms with Gasteiger partial charge in [0.1, 0.15) is 5.84 Å². The van der Waals surface area contributed by atoms with Crippen LogP contribution in [0, 0.1) is 5.41 Å². The molecule has 31 heavy (non-hydrogen) atoms. The number of hydrogen-bond donors (Lipinski definition) is 3. The second kappa shape index (κ2) is 9.11. The Hall–Kier alpha value is -3.49. The third kappa shape index (κ3) is 4.99. The number of amidine groups is 1. The van der Waals surface area contributed by atoms with E-state index < -0.39 is 10.0 Å². The first-order chi connectivity index (χ1) is 14.7. The summed E-state index contributed by atoms with van der Waals surface area (Å²) < 4.78 is 26.6. The zero-order valence-electron chi connectivity index (χ0n) is 17.3. The normalized spacial score (nSPS) is 11.3. The van der Waals surface area contributed by atoms with Gasteiger partial charge in [-0.25, -0.2) is 12.7 Å². The summed E-state index contributed by atoms with van der Waals surface area (Å²) in [4.78, 5) is 12.9. The molecule has 0 aliphatic rings. The summed E-state index contributed by atoms with van der Waals surface area (Å²) in [5, 5.41) is 10.3. The molecule has 0 heterocycles. The molecule has 0 aliphatic heterocycles. The summed E-state index contributed by atoms with van der Waals surface area (Å²) in [5.74, 6) is -0.283. The summed E-state index contributed by atoms with van der Waals surface area (Å²) in [6.07, 6.45) is 0. The van der Waals surface area contributed by atoms with Gasteiger partial charge in [0.25, 0.3) is 5.91 Å². The van der Waals surface area contributed by atoms with Crippen LogP contribution >= 0.6 is 0 Å². The second-order valence-corrected chi connectivity index (χ2v) is 9.28. The highest BCUT2D eigenvalue weighted by molar-refractivity contribution is 7.89. The van der Waals surface area contributed by atoms with Crippen molar-refractivity contribution in [2.24, 2.45) is 5.73 Å². The van der Waals surface area contributed by atoms with Gasteiger partial charge in [-0.1, -0.05) is 54.6 Å². The number of nitrogens with one attached hydrogen (secondary N) is 2. The van der Waals surface area contributed by atoms with Crippen molar-refractivity contribution >= 4 is 21.8 Å². The third-order valence-corrected chi connectivity index (χ3v) is 6.67. The lowest BCUT2D eigenvalue weighted by Gasteiger charge is -2.15. The number of carbonyl (C=O) groups excluding carboxylic acids is 1. The number of nitrogen functional groups attached to an aromatic ring is 1. The van der Waals surface area contributed by atoms with Crippen molar-refractivity contribution in [3.63, 3.8) is 0 Å². The van der Waals surface area contributed by atoms with Crippen molar-refractivity contribution in [2.75, 3.05) is 14.1 Å². The number of benzene rings is 3. The molecule has 3 rings (SSSR count). The van der Waals surface area contributed by atoms with Crippen molar-refractivity contribution in [2.45, 2.75) is 11.4 Å². The Labute approximate surface area is 182 Å². The van der Waals surface area contributed by atoms with Crippen molar-refractivity contribution in [3.05, 3.63) is 89.5 Å². The lowest BCUT2D eigenvalue weighted by atomic mass is 10.0. The Bertz CT molecular complexity index is 1220. The first kappa shape index (κ1) is 22.2. The van der Waals surface area contributed by atoms with Crippen LogP contribution in [-0.4, -0.2) is 38.6 Å². The molecule has 0 saturated heterocycles. The van der Waals surface area contributed by atoms with Crippen LogP contribution in [0.4, 0.5) is 0 Å². The van der Waals surface area contributed by atoms with E-state index in [1.165, 1.54) is 18.4 Å². The molecule has 1 amide bonds. The summed E-state index contributed by atoms with van der Waals surface area (Å²) in [6.45, 7) is 0.312. The van der Waals surface area contributed by atoms with Crippen LogP contribution in [0.25, 0.3) is 11.1 Å². The van der Waals surface area contributed by atoms with Gasteiger partial charge >= 0.3 is 0 Å². The number of amides is 1. The number of rotatable bonds is 7. The molecule has 0 bridgehead atoms. The van der Waals surface area contributed by atoms with Gasteiger partial charge in [0.15, 0.2) is 0 Å². The Morgan fingerprint density at radius 3 is 2.29 bits per heavy atom. The monoisotopic (exact) mass is 436 g/mol. The first-order valence-electron chi connectivity index (χ1n) is 9.53. The fraction of sp³-hybridized carbons (Fsp3) is 0.130. The fourth-order valence-corrected chi connectivity index (χ4v) is 4.15. The number of nitrogens with zero attached hydrogens (tertiary/aromatic N) is 1. The molecule has 4 N–H and O–H groups in total. The molecule has 0 unspecified atom stereocenters. The largest absolute Gasteiger partial charge is 0.384 e. The predicted octanol–water partition coefficient (Wildman–Crippen LogP) is 2.82. The van der Waals surface area contributed by atoms with Gasteiger partial charge in [-0.15, -0.1) is 0 Å². The smallest absolute Gasteiger partial charge is 0.251 e. The van der Waals surface area contributed by atoms with E-state index in [2.05, 4.69) is 5.32 Å². The molecule has 0 radical (unpaired) electrons. The molecule has 3 aromatic carbocycles. The van der Waals surface area contributed by atoms with Crippen LogP contribution in [0.1, 0.15) is 21.5 Å². The summed E-state index contributed by atoms with van der Waals surface area (Å²) in [6, 6.07) is 20.7. The van der Waals surface area contributed by atoms with E-state index in [1.54, 1.807) is 72.8 Å². The highest BCUT2D eigenvalue weighted by atomic mass is 32.2. The summed E-state index contributed by atoms with van der Waals surface area (Å²) in [7, 11) is -0.666. The van der Waals surface area contributed by atoms with Crippen LogP contribution < -0.4 is 11.1 Å². The molecule has 0 aliphatic carbocycles. The van der Waals surface area contributed by atoms with Crippen LogP contribution in [0.2, 0.25) is 0 Å². The van der Waals surface area contributed by atoms with E-state index in [-0.39, 0.29) is 16.6 Å². The number of sulfonamides is 1. The predicted molar refractivity (Wildman–Crippen MR) is 121 cm³/mol. The molecular weight excluding hydrogens is 412 g/mol. The first-order valence-corrected chi connectivity index (χ1v) is 11.0. The number of nitrogens with two attached hydrogens (primary N) is 1. The highest BCUT2D eigenvalue weighted by Crippen LogP contribution is 2.29. The Kier molecular flexibility index (Phi) is 6.53. The number of carbonyl (C=O) groups is 1. The Balaban J connectivity index is 1.82. The highest BCUT2D eigenvalue weighted by Gasteiger charge is 2.21. The molecule has 0 aromatic heterocycles. The zero-order valence-corrected chi connectivity index (χ0v) is 18.1. The van der Waals surface area contributed by atoms with Gasteiger partial charge in [-0.2, -0.15) is 0 Å². The third-order valence-electron chi connectivity index (χ3n) is 4.80. The zero-order chi connectivity index (χ0) is 22.6. The van der Waals surface area contributed by atoms with Crippen molar-refractivity contribution in [3.8, 4) is 11.1 Å². The van der Waals surface area contributed by atoms with Gasteiger partial charge in [-0.3, -0.25) is 10.2 Å². The molecule has 8 heteroatoms. The van der Waals surface area contributed by atoms with E-state index in [4.69, 9.17) is 11.1 Å². The summed E-state index contributed by atoms with van der Waals surface area (Å²) >= 11 is 0. The lowest BCUT2D eigenvalue weighted by molar-refractivity contribution is 0.0951. The standard InChI is InChI=1S/C23H24N4O3S/c1-27(2)31(29,30)21-9-4-3-8-20(21)18-6-5-7-19(14-18)23(28)26-15-16-10-12-17(13-11-16)22(24)25/h3-14H,15H2,1-2H3,(H3,24,25)(H,26,28). The van der Waals surface area contributed by atoms with Crippen molar-refractivity contribution in [1.82, 2.24) is 9.62 Å². The van der Waals surface area contributed by atoms with Crippen molar-refractivity contribution < 1.29 is 13.2 Å². The fourth-order valence-electron chi connectivity index (χ4n) is 3.04. The molecule has 0 spiro atoms. The topological polar surface area (TPSA) is 116 Å². The van der Waals surface area contributed by atoms with Gasteiger partial charge < -0.3 is 11.1 Å². The Morgan fingerprint density at radius 2 is 1.65 bits per heavy atom. The van der Waals surface area contributed by atoms with Crippen LogP contribution in [0.15, 0.2) is 77.7 Å². The van der Waals surface area contributed by atoms with Gasteiger partial charge in [0.05, 0.1) is 4.90 Å². The Morgan fingerprint density at radius 1 is 0.968 bits per heavy atom. The van der Waals surface area contributed by atoms with Gasteiger partial charge in [-0.05, 0) is 29.3 Å². The average molecular weight is 437 g/mol. The maximum absolute atomic E-state index is 12.7. The average Bonchev–Trinajstić information content (AvgIpc) is 2.77. The van der Waals surface area contributed by atoms with Crippen molar-refractivity contribution in [1.29, 1.82) is 5.41 Å². The summed E-state index contributed by atoms with van der Waals surface area (Å²) in [5.41, 5.74) is 8.54. The molecule has 160 valence electrons. The van der Waals surface area contributed by atoms with E-state index in [0.717, 1.165) is 5.56 Å². The van der Waals surface area contributed by atoms with E-state index >= 15 is 0 Å². The number of hydrogen-bond acceptors (Lipinski definition) is 4. The van der Waals surface area contributed by atoms with Crippen LogP contribution in [0.3, 0.4) is 0 Å². The molecule has 0 saturated carbocycles. The molecular formula is C23H24N4O3S. The maximum Gasteiger partial charge on any atom is 0.251 e. The quantitative estimate of drug-likeness (QED) is 0.390. The van der Waals surface area contributed by atoms with E-state index in [0.29, 0.717) is 28.8 Å². The minimum atomic E-state index is -3.64. The molecule has 3 aromatic rings. The van der Waals surface area contributed by atoms with Crippen LogP contribution in [0.5, 0.6) is 0 Å². The van der Waals surface area contributed by atoms with Gasteiger partial charge in [0.2, 0.25) is 10.0 Å². The second-order valence-electron chi connectivity index (χ2n) is 7.16. The minimum Gasteiger partial charge on any atom is -0.384 e. The SMILES string of the molecule is CN(C)S(=O)(=O)c1ccccc1-c1cccc(C(=O)NCc2ccc(C(=N)N)cc2)c1. The molecule has 0 atom stereocenters. The lowest BCUT2D eigenvalue weighted by Crippen LogP contribution is -2.23. The van der Waals surface area contributed by atoms with E-state index in [9.17, 15) is 13.2 Å². The molecule has 7 nitrogen and oxygen atoms in total. The maximum atomic E-state index is 12.7. The molecule has 0 fully saturated rings. The minimum absolute atomic E-state index is 0.0102. The van der Waals surface area contributed by atoms with E-state index in [1.807, 2.05) is 0 Å². The van der Waals surface area contributed by atoms with Crippen LogP contribution in [-0.2, 0) is 16.6 Å².